The van der Waals surface area contributed by atoms with Crippen molar-refractivity contribution in [1.82, 2.24) is 0 Å². The molecule has 0 aliphatic heterocycles. The highest BCUT2D eigenvalue weighted by atomic mass is 28.4. The number of aliphatic hydroxyl groups excluding tert-OH is 3. The first kappa shape index (κ1) is 22.3. The molecule has 3 N–H and O–H groups in total. The Hall–Kier alpha value is 0.0569. The Balaban J connectivity index is 1.52. The smallest absolute Gasteiger partial charge is 0.192 e. The van der Waals surface area contributed by atoms with Crippen LogP contribution in [0.5, 0.6) is 0 Å². The Kier molecular flexibility index (Phi) is 5.60. The summed E-state index contributed by atoms with van der Waals surface area (Å²) < 4.78 is 6.72. The average Bonchev–Trinajstić information content (AvgIpc) is 2.93. The van der Waals surface area contributed by atoms with Crippen molar-refractivity contribution in [3.63, 3.8) is 0 Å². The predicted molar refractivity (Wildman–Crippen MR) is 118 cm³/mol. The lowest BCUT2D eigenvalue weighted by atomic mass is 9.49. The zero-order valence-corrected chi connectivity index (χ0v) is 20.4. The minimum absolute atomic E-state index is 0.0721. The third-order valence-electron chi connectivity index (χ3n) is 10.2. The van der Waals surface area contributed by atoms with Crippen LogP contribution in [0.25, 0.3) is 0 Å². The Morgan fingerprint density at radius 2 is 1.55 bits per heavy atom. The molecule has 0 bridgehead atoms. The summed E-state index contributed by atoms with van der Waals surface area (Å²) in [5, 5.41) is 33.2. The van der Waals surface area contributed by atoms with Crippen molar-refractivity contribution in [2.75, 3.05) is 0 Å². The van der Waals surface area contributed by atoms with E-state index in [-0.39, 0.29) is 34.5 Å². The summed E-state index contributed by atoms with van der Waals surface area (Å²) in [5.41, 5.74) is -0.0721. The molecule has 5 unspecified atom stereocenters. The van der Waals surface area contributed by atoms with Crippen LogP contribution in [0.4, 0.5) is 0 Å². The van der Waals surface area contributed by atoms with Gasteiger partial charge in [-0.05, 0) is 98.1 Å². The second kappa shape index (κ2) is 7.30. The lowest BCUT2D eigenvalue weighted by Crippen LogP contribution is -2.61. The van der Waals surface area contributed by atoms with Crippen molar-refractivity contribution >= 4 is 8.32 Å². The van der Waals surface area contributed by atoms with Crippen LogP contribution < -0.4 is 0 Å². The normalized spacial score (nSPS) is 50.6. The highest BCUT2D eigenvalue weighted by Gasteiger charge is 2.61. The number of fused-ring (bicyclic) bond motifs is 5. The van der Waals surface area contributed by atoms with Crippen molar-refractivity contribution in [3.8, 4) is 0 Å². The lowest BCUT2D eigenvalue weighted by molar-refractivity contribution is -0.191. The van der Waals surface area contributed by atoms with E-state index in [1.165, 1.54) is 0 Å². The van der Waals surface area contributed by atoms with Gasteiger partial charge in [0.05, 0.1) is 18.3 Å². The van der Waals surface area contributed by atoms with E-state index in [4.69, 9.17) is 4.43 Å². The van der Waals surface area contributed by atoms with E-state index in [1.807, 2.05) is 0 Å². The average molecular weight is 425 g/mol. The van der Waals surface area contributed by atoms with Crippen molar-refractivity contribution in [2.24, 2.45) is 35.0 Å². The molecule has 0 saturated heterocycles. The fraction of sp³-hybridized carbons (Fsp3) is 1.00. The van der Waals surface area contributed by atoms with E-state index in [0.717, 1.165) is 44.9 Å². The van der Waals surface area contributed by atoms with Gasteiger partial charge in [-0.15, -0.1) is 0 Å². The van der Waals surface area contributed by atoms with E-state index in [9.17, 15) is 15.3 Å². The lowest BCUT2D eigenvalue weighted by Gasteiger charge is -2.59. The van der Waals surface area contributed by atoms with Crippen LogP contribution in [0.1, 0.15) is 72.6 Å². The van der Waals surface area contributed by atoms with Crippen LogP contribution in [-0.4, -0.2) is 48.1 Å². The van der Waals surface area contributed by atoms with Gasteiger partial charge in [-0.1, -0.05) is 27.7 Å². The summed E-state index contributed by atoms with van der Waals surface area (Å²) in [6.07, 6.45) is 5.77. The number of hydrogen-bond acceptors (Lipinski definition) is 4. The fourth-order valence-electron chi connectivity index (χ4n) is 7.48. The van der Waals surface area contributed by atoms with Gasteiger partial charge in [0.1, 0.15) is 0 Å². The maximum atomic E-state index is 11.2. The molecule has 29 heavy (non-hydrogen) atoms. The number of hydrogen-bond donors (Lipinski definition) is 3. The minimum atomic E-state index is -1.83. The maximum absolute atomic E-state index is 11.2. The topological polar surface area (TPSA) is 69.9 Å². The summed E-state index contributed by atoms with van der Waals surface area (Å²) in [7, 11) is -1.83. The Bertz CT molecular complexity index is 616. The molecule has 5 heteroatoms. The zero-order valence-electron chi connectivity index (χ0n) is 19.4. The van der Waals surface area contributed by atoms with Crippen molar-refractivity contribution in [2.45, 2.75) is 115 Å². The second-order valence-electron chi connectivity index (χ2n) is 12.6. The van der Waals surface area contributed by atoms with Gasteiger partial charge in [-0.25, -0.2) is 0 Å². The minimum Gasteiger partial charge on any atom is -0.414 e. The van der Waals surface area contributed by atoms with Crippen molar-refractivity contribution in [3.05, 3.63) is 0 Å². The van der Waals surface area contributed by atoms with E-state index < -0.39 is 20.5 Å². The number of aliphatic hydroxyl groups is 3. The highest BCUT2D eigenvalue weighted by molar-refractivity contribution is 6.74. The monoisotopic (exact) mass is 424 g/mol. The van der Waals surface area contributed by atoms with Gasteiger partial charge in [-0.3, -0.25) is 0 Å². The molecule has 0 spiro atoms. The molecule has 4 aliphatic rings. The van der Waals surface area contributed by atoms with Crippen LogP contribution in [0, 0.1) is 35.0 Å². The van der Waals surface area contributed by atoms with Gasteiger partial charge in [0.15, 0.2) is 8.32 Å². The van der Waals surface area contributed by atoms with Crippen LogP contribution in [0.2, 0.25) is 18.1 Å². The first-order valence-electron chi connectivity index (χ1n) is 12.1. The van der Waals surface area contributed by atoms with E-state index in [0.29, 0.717) is 17.8 Å². The Morgan fingerprint density at radius 3 is 2.21 bits per heavy atom. The summed E-state index contributed by atoms with van der Waals surface area (Å²) in [6, 6.07) is 0. The molecule has 168 valence electrons. The summed E-state index contributed by atoms with van der Waals surface area (Å²) >= 11 is 0. The predicted octanol–water partition coefficient (Wildman–Crippen LogP) is 4.33. The van der Waals surface area contributed by atoms with E-state index >= 15 is 0 Å². The third kappa shape index (κ3) is 3.47. The quantitative estimate of drug-likeness (QED) is 0.577. The SMILES string of the molecule is CC(C)(C)[Si](C)(C)O[C@H]1CCC2C3CC[C@@]4(C)C(CC[C@@H]4O)C3[C@@H](O)[C@H](O)C2C1. The molecule has 4 saturated carbocycles. The second-order valence-corrected chi connectivity index (χ2v) is 17.4. The van der Waals surface area contributed by atoms with Crippen molar-refractivity contribution < 1.29 is 19.7 Å². The molecule has 0 aromatic rings. The van der Waals surface area contributed by atoms with Gasteiger partial charge in [0.2, 0.25) is 0 Å². The summed E-state index contributed by atoms with van der Waals surface area (Å²) in [6.45, 7) is 13.7. The molecule has 4 fully saturated rings. The molecule has 0 radical (unpaired) electrons. The van der Waals surface area contributed by atoms with Gasteiger partial charge < -0.3 is 19.7 Å². The molecule has 10 atom stereocenters. The molecule has 0 aromatic carbocycles. The summed E-state index contributed by atoms with van der Waals surface area (Å²) in [4.78, 5) is 0. The van der Waals surface area contributed by atoms with Gasteiger partial charge in [0.25, 0.3) is 0 Å². The molecule has 0 heterocycles. The standard InChI is InChI=1S/C24H44O4Si/c1-23(2,3)29(5,6)28-14-7-8-15-16-11-12-24(4)18(9-10-19(24)25)20(16)22(27)21(26)17(15)13-14/h14-22,25-27H,7-13H2,1-6H3/t14-,15?,16?,17?,18?,19-,20?,21+,22+,24-/m0/s1. The van der Waals surface area contributed by atoms with Gasteiger partial charge in [0, 0.05) is 6.10 Å². The molecule has 4 aliphatic carbocycles. The zero-order chi connectivity index (χ0) is 21.4. The van der Waals surface area contributed by atoms with E-state index in [2.05, 4.69) is 40.8 Å². The fourth-order valence-corrected chi connectivity index (χ4v) is 8.88. The van der Waals surface area contributed by atoms with Crippen LogP contribution >= 0.6 is 0 Å². The molecule has 4 rings (SSSR count). The Morgan fingerprint density at radius 1 is 0.862 bits per heavy atom. The van der Waals surface area contributed by atoms with Crippen molar-refractivity contribution in [1.29, 1.82) is 0 Å². The first-order valence-corrected chi connectivity index (χ1v) is 15.0. The maximum Gasteiger partial charge on any atom is 0.192 e. The van der Waals surface area contributed by atoms with Crippen LogP contribution in [0.3, 0.4) is 0 Å². The Labute approximate surface area is 178 Å². The number of rotatable bonds is 2. The highest BCUT2D eigenvalue weighted by Crippen LogP contribution is 2.62. The molecular formula is C24H44O4Si. The van der Waals surface area contributed by atoms with Crippen LogP contribution in [0.15, 0.2) is 0 Å². The van der Waals surface area contributed by atoms with Gasteiger partial charge >= 0.3 is 0 Å². The molecule has 0 amide bonds. The molecule has 0 aromatic heterocycles. The van der Waals surface area contributed by atoms with E-state index in [1.54, 1.807) is 0 Å². The van der Waals surface area contributed by atoms with Gasteiger partial charge in [-0.2, -0.15) is 0 Å². The first-order chi connectivity index (χ1) is 13.4. The third-order valence-corrected chi connectivity index (χ3v) is 14.8. The molecular weight excluding hydrogens is 380 g/mol. The summed E-state index contributed by atoms with van der Waals surface area (Å²) in [5.74, 6) is 1.66. The molecule has 4 nitrogen and oxygen atoms in total. The van der Waals surface area contributed by atoms with Crippen LogP contribution in [-0.2, 0) is 4.43 Å². The largest absolute Gasteiger partial charge is 0.414 e.